The Kier molecular flexibility index (Phi) is 8.82. The van der Waals surface area contributed by atoms with Gasteiger partial charge in [-0.2, -0.15) is 0 Å². The Bertz CT molecular complexity index is 104. The SMILES string of the molecule is CC(C)[C@H](O)[C@H](C)CC=O.[W]. The first kappa shape index (κ1) is 13.9. The summed E-state index contributed by atoms with van der Waals surface area (Å²) in [6, 6.07) is 0. The fourth-order valence-corrected chi connectivity index (χ4v) is 0.948. The third-order valence-corrected chi connectivity index (χ3v) is 1.73. The van der Waals surface area contributed by atoms with E-state index in [1.807, 2.05) is 20.8 Å². The van der Waals surface area contributed by atoms with E-state index in [-0.39, 0.29) is 39.0 Å². The molecule has 0 aliphatic carbocycles. The molecular weight excluding hydrogens is 312 g/mol. The van der Waals surface area contributed by atoms with Gasteiger partial charge in [0.15, 0.2) is 0 Å². The molecule has 0 radical (unpaired) electrons. The van der Waals surface area contributed by atoms with Crippen LogP contribution in [0.4, 0.5) is 0 Å². The molecule has 3 heteroatoms. The van der Waals surface area contributed by atoms with Crippen molar-refractivity contribution in [3.05, 3.63) is 0 Å². The van der Waals surface area contributed by atoms with Gasteiger partial charge < -0.3 is 9.90 Å². The van der Waals surface area contributed by atoms with Crippen molar-refractivity contribution in [1.29, 1.82) is 0 Å². The van der Waals surface area contributed by atoms with Crippen molar-refractivity contribution in [2.75, 3.05) is 0 Å². The minimum Gasteiger partial charge on any atom is -0.393 e. The number of carbonyl (C=O) groups is 1. The van der Waals surface area contributed by atoms with Crippen LogP contribution in [-0.2, 0) is 25.9 Å². The maximum atomic E-state index is 10.0. The molecule has 0 heterocycles. The van der Waals surface area contributed by atoms with Crippen molar-refractivity contribution in [3.8, 4) is 0 Å². The van der Waals surface area contributed by atoms with Crippen LogP contribution in [0.3, 0.4) is 0 Å². The van der Waals surface area contributed by atoms with E-state index in [0.717, 1.165) is 6.29 Å². The summed E-state index contributed by atoms with van der Waals surface area (Å²) in [6.45, 7) is 5.79. The standard InChI is InChI=1S/C8H16O2.W/c1-6(2)8(10)7(3)4-5-9;/h5-8,10H,4H2,1-3H3;/t7-,8+;/m1./s1. The van der Waals surface area contributed by atoms with Crippen molar-refractivity contribution in [2.24, 2.45) is 11.8 Å². The quantitative estimate of drug-likeness (QED) is 0.788. The van der Waals surface area contributed by atoms with Crippen LogP contribution in [0.1, 0.15) is 27.2 Å². The third kappa shape index (κ3) is 5.57. The van der Waals surface area contributed by atoms with Crippen molar-refractivity contribution < 1.29 is 31.0 Å². The number of hydrogen-bond acceptors (Lipinski definition) is 2. The van der Waals surface area contributed by atoms with Gasteiger partial charge in [0.1, 0.15) is 6.29 Å². The molecule has 0 aromatic heterocycles. The van der Waals surface area contributed by atoms with Crippen molar-refractivity contribution >= 4 is 6.29 Å². The molecule has 0 aliphatic heterocycles. The van der Waals surface area contributed by atoms with Crippen LogP contribution < -0.4 is 0 Å². The van der Waals surface area contributed by atoms with Gasteiger partial charge in [0.2, 0.25) is 0 Å². The van der Waals surface area contributed by atoms with E-state index in [9.17, 15) is 9.90 Å². The summed E-state index contributed by atoms with van der Waals surface area (Å²) in [4.78, 5) is 10.0. The number of hydrogen-bond donors (Lipinski definition) is 1. The molecule has 0 fully saturated rings. The Morgan fingerprint density at radius 1 is 1.36 bits per heavy atom. The summed E-state index contributed by atoms with van der Waals surface area (Å²) < 4.78 is 0. The fraction of sp³-hybridized carbons (Fsp3) is 0.875. The summed E-state index contributed by atoms with van der Waals surface area (Å²) in [5, 5.41) is 9.37. The topological polar surface area (TPSA) is 37.3 Å². The molecule has 0 aliphatic rings. The van der Waals surface area contributed by atoms with Gasteiger partial charge in [0, 0.05) is 27.5 Å². The van der Waals surface area contributed by atoms with Crippen molar-refractivity contribution in [2.45, 2.75) is 33.3 Å². The molecule has 2 atom stereocenters. The minimum absolute atomic E-state index is 0. The molecule has 11 heavy (non-hydrogen) atoms. The maximum Gasteiger partial charge on any atom is 0.120 e. The van der Waals surface area contributed by atoms with E-state index >= 15 is 0 Å². The van der Waals surface area contributed by atoms with Crippen LogP contribution in [0.25, 0.3) is 0 Å². The number of aliphatic hydroxyl groups is 1. The van der Waals surface area contributed by atoms with E-state index in [4.69, 9.17) is 0 Å². The number of aliphatic hydroxyl groups excluding tert-OH is 1. The fourth-order valence-electron chi connectivity index (χ4n) is 0.948. The van der Waals surface area contributed by atoms with Crippen molar-refractivity contribution in [3.63, 3.8) is 0 Å². The second kappa shape index (κ2) is 6.99. The molecule has 0 spiro atoms. The normalized spacial score (nSPS) is 15.4. The first-order valence-corrected chi connectivity index (χ1v) is 3.71. The minimum atomic E-state index is -0.342. The largest absolute Gasteiger partial charge is 0.393 e. The second-order valence-electron chi connectivity index (χ2n) is 3.11. The average Bonchev–Trinajstić information content (AvgIpc) is 1.87. The Morgan fingerprint density at radius 3 is 2.09 bits per heavy atom. The molecule has 0 aromatic carbocycles. The smallest absolute Gasteiger partial charge is 0.120 e. The van der Waals surface area contributed by atoms with Crippen LogP contribution in [0.15, 0.2) is 0 Å². The van der Waals surface area contributed by atoms with Gasteiger partial charge in [-0.1, -0.05) is 20.8 Å². The van der Waals surface area contributed by atoms with Crippen LogP contribution in [-0.4, -0.2) is 17.5 Å². The van der Waals surface area contributed by atoms with Crippen molar-refractivity contribution in [1.82, 2.24) is 0 Å². The summed E-state index contributed by atoms with van der Waals surface area (Å²) in [7, 11) is 0. The van der Waals surface area contributed by atoms with Gasteiger partial charge in [-0.25, -0.2) is 0 Å². The number of aldehydes is 1. The maximum absolute atomic E-state index is 10.0. The van der Waals surface area contributed by atoms with Crippen LogP contribution in [0, 0.1) is 11.8 Å². The molecular formula is C8H16O2W. The molecule has 0 aromatic rings. The zero-order chi connectivity index (χ0) is 8.15. The Balaban J connectivity index is 0. The molecule has 1 N–H and O–H groups in total. The Hall–Kier alpha value is 0.318. The Labute approximate surface area is 82.6 Å². The third-order valence-electron chi connectivity index (χ3n) is 1.73. The van der Waals surface area contributed by atoms with Gasteiger partial charge in [-0.15, -0.1) is 0 Å². The van der Waals surface area contributed by atoms with E-state index in [1.54, 1.807) is 0 Å². The molecule has 2 nitrogen and oxygen atoms in total. The predicted molar refractivity (Wildman–Crippen MR) is 40.7 cm³/mol. The van der Waals surface area contributed by atoms with Gasteiger partial charge in [0.05, 0.1) is 6.10 Å². The summed E-state index contributed by atoms with van der Waals surface area (Å²) in [5.41, 5.74) is 0. The van der Waals surface area contributed by atoms with Crippen LogP contribution in [0.2, 0.25) is 0 Å². The average molecular weight is 328 g/mol. The van der Waals surface area contributed by atoms with E-state index in [2.05, 4.69) is 0 Å². The molecule has 0 rings (SSSR count). The predicted octanol–water partition coefficient (Wildman–Crippen LogP) is 1.23. The molecule has 0 amide bonds. The van der Waals surface area contributed by atoms with E-state index in [0.29, 0.717) is 6.42 Å². The molecule has 0 saturated carbocycles. The van der Waals surface area contributed by atoms with Gasteiger partial charge in [-0.3, -0.25) is 0 Å². The summed E-state index contributed by atoms with van der Waals surface area (Å²) >= 11 is 0. The van der Waals surface area contributed by atoms with Gasteiger partial charge in [0.25, 0.3) is 0 Å². The molecule has 0 saturated heterocycles. The van der Waals surface area contributed by atoms with Gasteiger partial charge >= 0.3 is 0 Å². The number of carbonyl (C=O) groups excluding carboxylic acids is 1. The van der Waals surface area contributed by atoms with Gasteiger partial charge in [-0.05, 0) is 11.8 Å². The monoisotopic (exact) mass is 328 g/mol. The summed E-state index contributed by atoms with van der Waals surface area (Å²) in [6.07, 6.45) is 0.973. The number of rotatable bonds is 4. The first-order chi connectivity index (χ1) is 4.59. The van der Waals surface area contributed by atoms with Crippen LogP contribution in [0.5, 0.6) is 0 Å². The Morgan fingerprint density at radius 2 is 1.82 bits per heavy atom. The first-order valence-electron chi connectivity index (χ1n) is 3.71. The molecule has 66 valence electrons. The zero-order valence-corrected chi connectivity index (χ0v) is 10.2. The second-order valence-corrected chi connectivity index (χ2v) is 3.11. The summed E-state index contributed by atoms with van der Waals surface area (Å²) in [5.74, 6) is 0.340. The molecule has 0 bridgehead atoms. The van der Waals surface area contributed by atoms with E-state index in [1.165, 1.54) is 0 Å². The van der Waals surface area contributed by atoms with E-state index < -0.39 is 0 Å². The zero-order valence-electron chi connectivity index (χ0n) is 7.28. The van der Waals surface area contributed by atoms with Crippen LogP contribution >= 0.6 is 0 Å². The molecule has 0 unspecified atom stereocenters.